The van der Waals surface area contributed by atoms with Crippen molar-refractivity contribution >= 4 is 11.6 Å². The molecule has 1 saturated heterocycles. The number of epoxide rings is 1. The standard InChI is InChI=1S/C18H16ClN3O2/c19-15-9-5-4-8-14(15)16-17(24-16)18(23,10-22-12-20-11-21-22)13-6-2-1-3-7-13/h1-9,11-12,16-17,23H,10H2. The molecule has 3 atom stereocenters. The molecule has 3 aromatic rings. The van der Waals surface area contributed by atoms with Crippen LogP contribution >= 0.6 is 11.6 Å². The third-order valence-corrected chi connectivity index (χ3v) is 4.66. The molecule has 2 aromatic carbocycles. The fourth-order valence-corrected chi connectivity index (χ4v) is 3.29. The minimum Gasteiger partial charge on any atom is -0.380 e. The quantitative estimate of drug-likeness (QED) is 0.725. The van der Waals surface area contributed by atoms with Crippen molar-refractivity contribution in [2.24, 2.45) is 0 Å². The van der Waals surface area contributed by atoms with E-state index >= 15 is 0 Å². The van der Waals surface area contributed by atoms with Crippen LogP contribution in [0.2, 0.25) is 5.02 Å². The number of nitrogens with zero attached hydrogens (tertiary/aromatic N) is 3. The molecule has 122 valence electrons. The molecular formula is C18H16ClN3O2. The summed E-state index contributed by atoms with van der Waals surface area (Å²) < 4.78 is 7.47. The zero-order valence-electron chi connectivity index (χ0n) is 12.8. The van der Waals surface area contributed by atoms with E-state index in [-0.39, 0.29) is 12.6 Å². The average molecular weight is 342 g/mol. The van der Waals surface area contributed by atoms with Crippen LogP contribution in [0.25, 0.3) is 0 Å². The molecule has 0 bridgehead atoms. The SMILES string of the molecule is OC(Cn1cncn1)(c1ccccc1)C1OC1c1ccccc1Cl. The summed E-state index contributed by atoms with van der Waals surface area (Å²) in [5.41, 5.74) is 0.441. The lowest BCUT2D eigenvalue weighted by molar-refractivity contribution is -0.0123. The van der Waals surface area contributed by atoms with Crippen LogP contribution in [-0.4, -0.2) is 26.0 Å². The van der Waals surface area contributed by atoms with Crippen LogP contribution in [0.5, 0.6) is 0 Å². The predicted octanol–water partition coefficient (Wildman–Crippen LogP) is 2.96. The molecule has 0 spiro atoms. The lowest BCUT2D eigenvalue weighted by Crippen LogP contribution is -2.37. The van der Waals surface area contributed by atoms with Crippen LogP contribution < -0.4 is 0 Å². The molecule has 6 heteroatoms. The molecule has 0 aliphatic carbocycles. The van der Waals surface area contributed by atoms with Gasteiger partial charge in [-0.15, -0.1) is 0 Å². The Balaban J connectivity index is 1.68. The normalized spacial score (nSPS) is 22.1. The third-order valence-electron chi connectivity index (χ3n) is 4.32. The van der Waals surface area contributed by atoms with Gasteiger partial charge in [-0.3, -0.25) is 0 Å². The van der Waals surface area contributed by atoms with Gasteiger partial charge in [-0.05, 0) is 11.6 Å². The fourth-order valence-electron chi connectivity index (χ4n) is 3.05. The van der Waals surface area contributed by atoms with Crippen LogP contribution in [0, 0.1) is 0 Å². The van der Waals surface area contributed by atoms with Gasteiger partial charge in [-0.2, -0.15) is 5.10 Å². The topological polar surface area (TPSA) is 63.5 Å². The highest BCUT2D eigenvalue weighted by molar-refractivity contribution is 6.31. The Morgan fingerprint density at radius 2 is 1.88 bits per heavy atom. The summed E-state index contributed by atoms with van der Waals surface area (Å²) >= 11 is 6.27. The summed E-state index contributed by atoms with van der Waals surface area (Å²) in [4.78, 5) is 3.95. The minimum atomic E-state index is -1.22. The summed E-state index contributed by atoms with van der Waals surface area (Å²) in [5, 5.41) is 16.2. The van der Waals surface area contributed by atoms with Crippen LogP contribution in [0.4, 0.5) is 0 Å². The summed E-state index contributed by atoms with van der Waals surface area (Å²) in [6.07, 6.45) is 2.39. The predicted molar refractivity (Wildman–Crippen MR) is 89.4 cm³/mol. The van der Waals surface area contributed by atoms with E-state index in [0.29, 0.717) is 5.02 Å². The van der Waals surface area contributed by atoms with Gasteiger partial charge in [0, 0.05) is 10.6 Å². The summed E-state index contributed by atoms with van der Waals surface area (Å²) in [5.74, 6) is 0. The number of aliphatic hydroxyl groups is 1. The Morgan fingerprint density at radius 1 is 1.12 bits per heavy atom. The van der Waals surface area contributed by atoms with Gasteiger partial charge in [0.05, 0.1) is 6.54 Å². The number of ether oxygens (including phenoxy) is 1. The first kappa shape index (κ1) is 15.3. The molecule has 5 nitrogen and oxygen atoms in total. The maximum atomic E-state index is 11.5. The summed E-state index contributed by atoms with van der Waals surface area (Å²) in [6, 6.07) is 17.0. The zero-order chi connectivity index (χ0) is 16.6. The number of hydrogen-bond acceptors (Lipinski definition) is 4. The van der Waals surface area contributed by atoms with E-state index in [1.165, 1.54) is 6.33 Å². The molecule has 1 aliphatic heterocycles. The Bertz CT molecular complexity index is 825. The lowest BCUT2D eigenvalue weighted by atomic mass is 9.87. The highest BCUT2D eigenvalue weighted by Gasteiger charge is 2.56. The smallest absolute Gasteiger partial charge is 0.138 e. The van der Waals surface area contributed by atoms with Gasteiger partial charge < -0.3 is 9.84 Å². The number of halogens is 1. The fraction of sp³-hybridized carbons (Fsp3) is 0.222. The van der Waals surface area contributed by atoms with E-state index in [0.717, 1.165) is 11.1 Å². The highest BCUT2D eigenvalue weighted by Crippen LogP contribution is 2.51. The molecule has 24 heavy (non-hydrogen) atoms. The van der Waals surface area contributed by atoms with E-state index in [1.807, 2.05) is 54.6 Å². The molecule has 0 radical (unpaired) electrons. The van der Waals surface area contributed by atoms with Crippen molar-refractivity contribution in [1.82, 2.24) is 14.8 Å². The second-order valence-electron chi connectivity index (χ2n) is 5.88. The van der Waals surface area contributed by atoms with Crippen LogP contribution in [-0.2, 0) is 16.9 Å². The largest absolute Gasteiger partial charge is 0.380 e. The molecular weight excluding hydrogens is 326 g/mol. The van der Waals surface area contributed by atoms with Crippen molar-refractivity contribution in [3.8, 4) is 0 Å². The van der Waals surface area contributed by atoms with Crippen LogP contribution in [0.3, 0.4) is 0 Å². The second kappa shape index (κ2) is 6.02. The molecule has 4 rings (SSSR count). The molecule has 1 fully saturated rings. The van der Waals surface area contributed by atoms with Crippen molar-refractivity contribution in [3.05, 3.63) is 83.4 Å². The highest BCUT2D eigenvalue weighted by atomic mass is 35.5. The van der Waals surface area contributed by atoms with Crippen LogP contribution in [0.15, 0.2) is 67.3 Å². The first-order valence-corrected chi connectivity index (χ1v) is 8.06. The van der Waals surface area contributed by atoms with Crippen LogP contribution in [0.1, 0.15) is 17.2 Å². The van der Waals surface area contributed by atoms with E-state index < -0.39 is 11.7 Å². The Morgan fingerprint density at radius 3 is 2.58 bits per heavy atom. The lowest BCUT2D eigenvalue weighted by Gasteiger charge is -2.27. The molecule has 0 amide bonds. The Kier molecular flexibility index (Phi) is 3.84. The Labute approximate surface area is 144 Å². The Hall–Kier alpha value is -2.21. The van der Waals surface area contributed by atoms with Crippen molar-refractivity contribution in [1.29, 1.82) is 0 Å². The maximum absolute atomic E-state index is 11.5. The zero-order valence-corrected chi connectivity index (χ0v) is 13.5. The molecule has 2 heterocycles. The number of benzene rings is 2. The summed E-state index contributed by atoms with van der Waals surface area (Å²) in [6.45, 7) is 0.253. The monoisotopic (exact) mass is 341 g/mol. The van der Waals surface area contributed by atoms with Gasteiger partial charge in [0.25, 0.3) is 0 Å². The maximum Gasteiger partial charge on any atom is 0.138 e. The molecule has 1 aliphatic rings. The van der Waals surface area contributed by atoms with Crippen molar-refractivity contribution < 1.29 is 9.84 Å². The molecule has 1 N–H and O–H groups in total. The van der Waals surface area contributed by atoms with Crippen molar-refractivity contribution in [2.75, 3.05) is 0 Å². The van der Waals surface area contributed by atoms with Gasteiger partial charge in [-0.1, -0.05) is 60.1 Å². The van der Waals surface area contributed by atoms with E-state index in [4.69, 9.17) is 16.3 Å². The van der Waals surface area contributed by atoms with Gasteiger partial charge in [0.2, 0.25) is 0 Å². The summed E-state index contributed by atoms with van der Waals surface area (Å²) in [7, 11) is 0. The van der Waals surface area contributed by atoms with E-state index in [9.17, 15) is 5.11 Å². The minimum absolute atomic E-state index is 0.243. The number of rotatable bonds is 5. The number of hydrogen-bond donors (Lipinski definition) is 1. The van der Waals surface area contributed by atoms with Gasteiger partial charge in [0.15, 0.2) is 0 Å². The van der Waals surface area contributed by atoms with Gasteiger partial charge >= 0.3 is 0 Å². The van der Waals surface area contributed by atoms with Crippen molar-refractivity contribution in [3.63, 3.8) is 0 Å². The molecule has 3 unspecified atom stereocenters. The third kappa shape index (κ3) is 2.71. The molecule has 0 saturated carbocycles. The number of aromatic nitrogens is 3. The first-order valence-electron chi connectivity index (χ1n) is 7.69. The van der Waals surface area contributed by atoms with Gasteiger partial charge in [-0.25, -0.2) is 9.67 Å². The average Bonchev–Trinajstić information content (AvgIpc) is 3.26. The van der Waals surface area contributed by atoms with Gasteiger partial charge in [0.1, 0.15) is 30.5 Å². The van der Waals surface area contributed by atoms with Crippen molar-refractivity contribution in [2.45, 2.75) is 24.4 Å². The first-order chi connectivity index (χ1) is 11.7. The second-order valence-corrected chi connectivity index (χ2v) is 6.29. The molecule has 1 aromatic heterocycles. The van der Waals surface area contributed by atoms with E-state index in [1.54, 1.807) is 11.0 Å². The van der Waals surface area contributed by atoms with E-state index in [2.05, 4.69) is 10.1 Å².